The first-order valence-corrected chi connectivity index (χ1v) is 11.9. The molecule has 4 rings (SSSR count). The molecule has 1 aliphatic carbocycles. The summed E-state index contributed by atoms with van der Waals surface area (Å²) in [5.41, 5.74) is 4.83. The van der Waals surface area contributed by atoms with Crippen LogP contribution in [0.3, 0.4) is 0 Å². The van der Waals surface area contributed by atoms with Crippen LogP contribution < -0.4 is 10.1 Å². The second-order valence-corrected chi connectivity index (χ2v) is 9.34. The fourth-order valence-corrected chi connectivity index (χ4v) is 5.11. The van der Waals surface area contributed by atoms with Crippen LogP contribution in [0.25, 0.3) is 21.1 Å². The Bertz CT molecular complexity index is 1150. The molecular weight excluding hydrogens is 436 g/mol. The third-order valence-electron chi connectivity index (χ3n) is 5.59. The minimum atomic E-state index is -0.709. The normalized spacial score (nSPS) is 16.3. The van der Waals surface area contributed by atoms with E-state index in [1.165, 1.54) is 22.5 Å². The van der Waals surface area contributed by atoms with Gasteiger partial charge in [-0.25, -0.2) is 0 Å². The lowest BCUT2D eigenvalue weighted by Crippen LogP contribution is -2.37. The Kier molecular flexibility index (Phi) is 7.36. The highest BCUT2D eigenvalue weighted by molar-refractivity contribution is 7.17. The molecule has 0 bridgehead atoms. The average Bonchev–Trinajstić information content (AvgIpc) is 3.29. The lowest BCUT2D eigenvalue weighted by atomic mass is 9.85. The van der Waals surface area contributed by atoms with Crippen molar-refractivity contribution in [1.82, 2.24) is 15.5 Å². The molecule has 1 unspecified atom stereocenters. The summed E-state index contributed by atoms with van der Waals surface area (Å²) < 4.78 is 10.8. The van der Waals surface area contributed by atoms with Crippen molar-refractivity contribution in [3.05, 3.63) is 53.1 Å². The lowest BCUT2D eigenvalue weighted by Gasteiger charge is -2.29. The smallest absolute Gasteiger partial charge is 0.148 e. The molecule has 0 amide bonds. The molecule has 0 spiro atoms. The molecular formula is C25H28N4O3S. The third kappa shape index (κ3) is 5.23. The quantitative estimate of drug-likeness (QED) is 0.475. The van der Waals surface area contributed by atoms with Crippen LogP contribution in [0, 0.1) is 11.3 Å². The van der Waals surface area contributed by atoms with Crippen LogP contribution in [-0.4, -0.2) is 41.4 Å². The second-order valence-electron chi connectivity index (χ2n) is 8.36. The predicted molar refractivity (Wildman–Crippen MR) is 128 cm³/mol. The number of ether oxygens (including phenoxy) is 2. The maximum Gasteiger partial charge on any atom is 0.148 e. The van der Waals surface area contributed by atoms with Crippen LogP contribution in [0.4, 0.5) is 0 Å². The number of hydrogen-bond donors (Lipinski definition) is 2. The molecule has 0 aliphatic heterocycles. The molecule has 3 aromatic rings. The van der Waals surface area contributed by atoms with Crippen LogP contribution >= 0.6 is 11.3 Å². The van der Waals surface area contributed by atoms with E-state index in [-0.39, 0.29) is 18.8 Å². The minimum Gasteiger partial charge on any atom is -0.490 e. The summed E-state index contributed by atoms with van der Waals surface area (Å²) in [5, 5.41) is 33.5. The molecule has 2 N–H and O–H groups in total. The van der Waals surface area contributed by atoms with Crippen molar-refractivity contribution < 1.29 is 14.6 Å². The maximum atomic E-state index is 10.2. The van der Waals surface area contributed by atoms with Gasteiger partial charge in [0.25, 0.3) is 0 Å². The van der Waals surface area contributed by atoms with Crippen LogP contribution in [0.2, 0.25) is 0 Å². The largest absolute Gasteiger partial charge is 0.490 e. The fourth-order valence-electron chi connectivity index (χ4n) is 4.22. The zero-order valence-electron chi connectivity index (χ0n) is 19.0. The van der Waals surface area contributed by atoms with E-state index in [9.17, 15) is 10.4 Å². The van der Waals surface area contributed by atoms with Gasteiger partial charge in [0.15, 0.2) is 0 Å². The Balaban J connectivity index is 1.63. The summed E-state index contributed by atoms with van der Waals surface area (Å²) in [4.78, 5) is 0. The van der Waals surface area contributed by atoms with Crippen LogP contribution in [0.15, 0.2) is 36.4 Å². The lowest BCUT2D eigenvalue weighted by molar-refractivity contribution is 0.0325. The van der Waals surface area contributed by atoms with Crippen LogP contribution in [0.1, 0.15) is 49.4 Å². The number of nitrogens with zero attached hydrogens (tertiary/aromatic N) is 3. The zero-order chi connectivity index (χ0) is 23.4. The first kappa shape index (κ1) is 23.3. The Hall–Kier alpha value is -2.83. The fraction of sp³-hybridized carbons (Fsp3) is 0.400. The molecule has 0 saturated heterocycles. The monoisotopic (exact) mass is 464 g/mol. The third-order valence-corrected chi connectivity index (χ3v) is 6.60. The molecule has 172 valence electrons. The number of nitrogens with one attached hydrogen (secondary N) is 1. The van der Waals surface area contributed by atoms with E-state index in [1.807, 2.05) is 32.0 Å². The van der Waals surface area contributed by atoms with Gasteiger partial charge in [-0.15, -0.1) is 10.2 Å². The van der Waals surface area contributed by atoms with Crippen molar-refractivity contribution in [2.24, 2.45) is 0 Å². The highest BCUT2D eigenvalue weighted by Gasteiger charge is 2.25. The van der Waals surface area contributed by atoms with Gasteiger partial charge in [0.05, 0.1) is 18.3 Å². The molecule has 2 aromatic carbocycles. The Morgan fingerprint density at radius 2 is 2.06 bits per heavy atom. The number of hydrogen-bond acceptors (Lipinski definition) is 8. The predicted octanol–water partition coefficient (Wildman–Crippen LogP) is 4.46. The molecule has 8 heteroatoms. The minimum absolute atomic E-state index is 0.00531. The van der Waals surface area contributed by atoms with E-state index in [0.29, 0.717) is 11.3 Å². The maximum absolute atomic E-state index is 10.2. The van der Waals surface area contributed by atoms with Crippen LogP contribution in [-0.2, 0) is 11.2 Å². The topological polar surface area (TPSA) is 100 Å². The van der Waals surface area contributed by atoms with E-state index in [2.05, 4.69) is 33.7 Å². The molecule has 7 nitrogen and oxygen atoms in total. The SMILES string of the molecule is COCC(O)N[C@@H]1CCCc2c(-c3nnc(-c4ccc(OC(C)C)c(C#N)c4)s3)cccc21. The van der Waals surface area contributed by atoms with E-state index < -0.39 is 6.23 Å². The number of aromatic nitrogens is 2. The molecule has 0 saturated carbocycles. The number of fused-ring (bicyclic) bond motifs is 1. The summed E-state index contributed by atoms with van der Waals surface area (Å²) >= 11 is 1.51. The van der Waals surface area contributed by atoms with E-state index in [4.69, 9.17) is 9.47 Å². The van der Waals surface area contributed by atoms with Gasteiger partial charge in [-0.05, 0) is 62.4 Å². The van der Waals surface area contributed by atoms with Gasteiger partial charge >= 0.3 is 0 Å². The highest BCUT2D eigenvalue weighted by atomic mass is 32.1. The summed E-state index contributed by atoms with van der Waals surface area (Å²) in [7, 11) is 1.58. The van der Waals surface area contributed by atoms with Gasteiger partial charge in [-0.3, -0.25) is 5.32 Å². The summed E-state index contributed by atoms with van der Waals surface area (Å²) in [5.74, 6) is 0.576. The number of methoxy groups -OCH3 is 1. The Morgan fingerprint density at radius 1 is 1.24 bits per heavy atom. The van der Waals surface area contributed by atoms with Gasteiger partial charge in [0.2, 0.25) is 0 Å². The van der Waals surface area contributed by atoms with Crippen molar-refractivity contribution in [3.8, 4) is 33.0 Å². The van der Waals surface area contributed by atoms with Gasteiger partial charge in [0, 0.05) is 24.3 Å². The van der Waals surface area contributed by atoms with Crippen molar-refractivity contribution in [1.29, 1.82) is 5.26 Å². The number of aliphatic hydroxyl groups is 1. The first-order chi connectivity index (χ1) is 16.0. The van der Waals surface area contributed by atoms with Gasteiger partial charge in [0.1, 0.15) is 28.1 Å². The van der Waals surface area contributed by atoms with Crippen LogP contribution in [0.5, 0.6) is 5.75 Å². The van der Waals surface area contributed by atoms with E-state index >= 15 is 0 Å². The highest BCUT2D eigenvalue weighted by Crippen LogP contribution is 2.39. The standard InChI is InChI=1S/C25H28N4O3S/c1-15(2)32-22-11-10-16(12-17(22)13-26)24-28-29-25(33-24)20-8-4-7-19-18(20)6-5-9-21(19)27-23(30)14-31-3/h4,7-8,10-12,15,21,23,27,30H,5-6,9,14H2,1-3H3/t21-,23?/m1/s1. The molecule has 1 heterocycles. The van der Waals surface area contributed by atoms with Gasteiger partial charge < -0.3 is 14.6 Å². The van der Waals surface area contributed by atoms with Crippen molar-refractivity contribution in [3.63, 3.8) is 0 Å². The molecule has 1 aromatic heterocycles. The summed E-state index contributed by atoms with van der Waals surface area (Å²) in [6.07, 6.45) is 2.23. The van der Waals surface area contributed by atoms with Crippen molar-refractivity contribution in [2.45, 2.75) is 51.5 Å². The molecule has 0 radical (unpaired) electrons. The Morgan fingerprint density at radius 3 is 2.82 bits per heavy atom. The average molecular weight is 465 g/mol. The molecule has 1 aliphatic rings. The Labute approximate surface area is 198 Å². The zero-order valence-corrected chi connectivity index (χ0v) is 19.9. The summed E-state index contributed by atoms with van der Waals surface area (Å²) in [6.45, 7) is 4.12. The summed E-state index contributed by atoms with van der Waals surface area (Å²) in [6, 6.07) is 14.1. The molecule has 2 atom stereocenters. The number of aliphatic hydroxyl groups excluding tert-OH is 1. The van der Waals surface area contributed by atoms with Gasteiger partial charge in [-0.2, -0.15) is 5.26 Å². The number of nitriles is 1. The van der Waals surface area contributed by atoms with E-state index in [0.717, 1.165) is 40.4 Å². The second kappa shape index (κ2) is 10.4. The van der Waals surface area contributed by atoms with Crippen molar-refractivity contribution in [2.75, 3.05) is 13.7 Å². The number of rotatable bonds is 8. The van der Waals surface area contributed by atoms with Crippen molar-refractivity contribution >= 4 is 11.3 Å². The number of benzene rings is 2. The van der Waals surface area contributed by atoms with Gasteiger partial charge in [-0.1, -0.05) is 29.5 Å². The first-order valence-electron chi connectivity index (χ1n) is 11.1. The van der Waals surface area contributed by atoms with E-state index in [1.54, 1.807) is 13.2 Å². The molecule has 0 fully saturated rings. The molecule has 33 heavy (non-hydrogen) atoms.